The molecule has 0 radical (unpaired) electrons. The first kappa shape index (κ1) is 21.6. The van der Waals surface area contributed by atoms with Gasteiger partial charge in [-0.3, -0.25) is 9.69 Å². The first-order valence-corrected chi connectivity index (χ1v) is 11.9. The van der Waals surface area contributed by atoms with Crippen LogP contribution in [-0.4, -0.2) is 64.7 Å². The number of para-hydroxylation sites is 1. The Labute approximate surface area is 177 Å². The van der Waals surface area contributed by atoms with Gasteiger partial charge in [0.25, 0.3) is 5.91 Å². The number of hydrogen-bond donors (Lipinski definition) is 1. The number of nitrogens with one attached hydrogen (secondary N) is 1. The number of sulfone groups is 1. The van der Waals surface area contributed by atoms with Crippen LogP contribution in [0.2, 0.25) is 5.02 Å². The molecule has 0 bridgehead atoms. The molecule has 1 aliphatic heterocycles. The number of halogens is 1. The van der Waals surface area contributed by atoms with Crippen LogP contribution in [0.15, 0.2) is 53.4 Å². The lowest BCUT2D eigenvalue weighted by Gasteiger charge is -2.36. The van der Waals surface area contributed by atoms with Gasteiger partial charge in [0.2, 0.25) is 0 Å². The maximum atomic E-state index is 12.4. The summed E-state index contributed by atoms with van der Waals surface area (Å²) in [4.78, 5) is 17.2. The molecule has 1 heterocycles. The summed E-state index contributed by atoms with van der Waals surface area (Å²) >= 11 is 6.07. The Morgan fingerprint density at radius 1 is 1.07 bits per heavy atom. The minimum absolute atomic E-state index is 0.0864. The normalized spacial score (nSPS) is 15.3. The van der Waals surface area contributed by atoms with E-state index in [2.05, 4.69) is 39.4 Å². The van der Waals surface area contributed by atoms with Gasteiger partial charge in [0, 0.05) is 44.7 Å². The lowest BCUT2D eigenvalue weighted by Crippen LogP contribution is -2.47. The zero-order valence-electron chi connectivity index (χ0n) is 16.5. The predicted octanol–water partition coefficient (Wildman–Crippen LogP) is 2.69. The Morgan fingerprint density at radius 3 is 2.41 bits per heavy atom. The molecule has 2 aromatic carbocycles. The Morgan fingerprint density at radius 2 is 1.76 bits per heavy atom. The molecule has 0 saturated carbocycles. The first-order valence-electron chi connectivity index (χ1n) is 9.65. The summed E-state index contributed by atoms with van der Waals surface area (Å²) < 4.78 is 23.4. The molecule has 6 nitrogen and oxygen atoms in total. The highest BCUT2D eigenvalue weighted by Crippen LogP contribution is 2.20. The number of anilines is 1. The fourth-order valence-corrected chi connectivity index (χ4v) is 4.23. The van der Waals surface area contributed by atoms with Crippen LogP contribution in [0.4, 0.5) is 5.69 Å². The zero-order valence-corrected chi connectivity index (χ0v) is 18.0. The Bertz CT molecular complexity index is 943. The second kappa shape index (κ2) is 9.61. The average molecular weight is 436 g/mol. The van der Waals surface area contributed by atoms with E-state index in [0.717, 1.165) is 45.4 Å². The van der Waals surface area contributed by atoms with Crippen molar-refractivity contribution < 1.29 is 13.2 Å². The standard InChI is InChI=1S/C21H26ClN3O3S/c1-29(27,28)18-8-9-20(22)19(16-18)21(26)23-10-5-11-24-12-14-25(15-13-24)17-6-3-2-4-7-17/h2-4,6-9,16H,5,10-15H2,1H3,(H,23,26). The molecule has 1 amide bonds. The molecule has 1 aliphatic rings. The van der Waals surface area contributed by atoms with Crippen LogP contribution < -0.4 is 10.2 Å². The Kier molecular flexibility index (Phi) is 7.16. The van der Waals surface area contributed by atoms with Crippen molar-refractivity contribution in [2.75, 3.05) is 50.4 Å². The minimum Gasteiger partial charge on any atom is -0.369 e. The molecule has 3 rings (SSSR count). The Balaban J connectivity index is 1.43. The van der Waals surface area contributed by atoms with E-state index in [1.807, 2.05) is 6.07 Å². The molecule has 29 heavy (non-hydrogen) atoms. The quantitative estimate of drug-likeness (QED) is 0.677. The summed E-state index contributed by atoms with van der Waals surface area (Å²) in [5.41, 5.74) is 1.44. The molecule has 1 fully saturated rings. The monoisotopic (exact) mass is 435 g/mol. The lowest BCUT2D eigenvalue weighted by atomic mass is 10.2. The number of piperazine rings is 1. The van der Waals surface area contributed by atoms with Crippen molar-refractivity contribution in [1.82, 2.24) is 10.2 Å². The molecule has 0 unspecified atom stereocenters. The van der Waals surface area contributed by atoms with Crippen molar-refractivity contribution in [3.05, 3.63) is 59.1 Å². The maximum absolute atomic E-state index is 12.4. The van der Waals surface area contributed by atoms with Gasteiger partial charge in [-0.1, -0.05) is 29.8 Å². The molecular formula is C21H26ClN3O3S. The van der Waals surface area contributed by atoms with Gasteiger partial charge >= 0.3 is 0 Å². The van der Waals surface area contributed by atoms with E-state index in [-0.39, 0.29) is 21.4 Å². The van der Waals surface area contributed by atoms with E-state index >= 15 is 0 Å². The van der Waals surface area contributed by atoms with Crippen LogP contribution in [-0.2, 0) is 9.84 Å². The molecular weight excluding hydrogens is 410 g/mol. The molecule has 0 spiro atoms. The van der Waals surface area contributed by atoms with Crippen LogP contribution in [0.5, 0.6) is 0 Å². The van der Waals surface area contributed by atoms with Crippen molar-refractivity contribution in [2.24, 2.45) is 0 Å². The van der Waals surface area contributed by atoms with Crippen molar-refractivity contribution in [3.8, 4) is 0 Å². The van der Waals surface area contributed by atoms with Gasteiger partial charge in [0.1, 0.15) is 0 Å². The van der Waals surface area contributed by atoms with Crippen molar-refractivity contribution >= 4 is 33.0 Å². The molecule has 0 atom stereocenters. The van der Waals surface area contributed by atoms with Gasteiger partial charge in [-0.15, -0.1) is 0 Å². The number of hydrogen-bond acceptors (Lipinski definition) is 5. The van der Waals surface area contributed by atoms with Crippen LogP contribution in [0.25, 0.3) is 0 Å². The first-order chi connectivity index (χ1) is 13.8. The number of nitrogens with zero attached hydrogens (tertiary/aromatic N) is 2. The molecule has 8 heteroatoms. The summed E-state index contributed by atoms with van der Waals surface area (Å²) in [5, 5.41) is 3.08. The number of carbonyl (C=O) groups is 1. The van der Waals surface area contributed by atoms with Crippen molar-refractivity contribution in [2.45, 2.75) is 11.3 Å². The second-order valence-electron chi connectivity index (χ2n) is 7.19. The van der Waals surface area contributed by atoms with Gasteiger partial charge in [-0.05, 0) is 43.3 Å². The Hall–Kier alpha value is -2.09. The number of carbonyl (C=O) groups excluding carboxylic acids is 1. The molecule has 2 aromatic rings. The number of rotatable bonds is 7. The SMILES string of the molecule is CS(=O)(=O)c1ccc(Cl)c(C(=O)NCCCN2CCN(c3ccccc3)CC2)c1. The fraction of sp³-hybridized carbons (Fsp3) is 0.381. The third-order valence-corrected chi connectivity index (χ3v) is 6.48. The third-order valence-electron chi connectivity index (χ3n) is 5.04. The summed E-state index contributed by atoms with van der Waals surface area (Å²) in [6.45, 7) is 5.38. The largest absolute Gasteiger partial charge is 0.369 e. The zero-order chi connectivity index (χ0) is 20.9. The van der Waals surface area contributed by atoms with Gasteiger partial charge in [0.05, 0.1) is 15.5 Å². The van der Waals surface area contributed by atoms with Crippen LogP contribution in [0.1, 0.15) is 16.8 Å². The van der Waals surface area contributed by atoms with Crippen molar-refractivity contribution in [3.63, 3.8) is 0 Å². The molecule has 1 saturated heterocycles. The van der Waals surface area contributed by atoms with Crippen molar-refractivity contribution in [1.29, 1.82) is 0 Å². The van der Waals surface area contributed by atoms with E-state index in [1.54, 1.807) is 0 Å². The van der Waals surface area contributed by atoms with E-state index in [0.29, 0.717) is 6.54 Å². The van der Waals surface area contributed by atoms with E-state index in [1.165, 1.54) is 23.9 Å². The summed E-state index contributed by atoms with van der Waals surface area (Å²) in [6, 6.07) is 14.6. The predicted molar refractivity (Wildman–Crippen MR) is 117 cm³/mol. The summed E-state index contributed by atoms with van der Waals surface area (Å²) in [7, 11) is -3.39. The van der Waals surface area contributed by atoms with E-state index in [9.17, 15) is 13.2 Å². The minimum atomic E-state index is -3.39. The van der Waals surface area contributed by atoms with Gasteiger partial charge in [-0.2, -0.15) is 0 Å². The molecule has 156 valence electrons. The highest BCUT2D eigenvalue weighted by molar-refractivity contribution is 7.90. The maximum Gasteiger partial charge on any atom is 0.252 e. The number of amides is 1. The fourth-order valence-electron chi connectivity index (χ4n) is 3.38. The third kappa shape index (κ3) is 5.95. The molecule has 1 N–H and O–H groups in total. The molecule has 0 aromatic heterocycles. The van der Waals surface area contributed by atoms with Crippen LogP contribution in [0, 0.1) is 0 Å². The van der Waals surface area contributed by atoms with Gasteiger partial charge in [0.15, 0.2) is 9.84 Å². The van der Waals surface area contributed by atoms with Crippen LogP contribution in [0.3, 0.4) is 0 Å². The topological polar surface area (TPSA) is 69.7 Å². The highest BCUT2D eigenvalue weighted by atomic mass is 35.5. The van der Waals surface area contributed by atoms with Crippen LogP contribution >= 0.6 is 11.6 Å². The average Bonchev–Trinajstić information content (AvgIpc) is 2.71. The summed E-state index contributed by atoms with van der Waals surface area (Å²) in [6.07, 6.45) is 1.93. The smallest absolute Gasteiger partial charge is 0.252 e. The molecule has 0 aliphatic carbocycles. The summed E-state index contributed by atoms with van der Waals surface area (Å²) in [5.74, 6) is -0.352. The van der Waals surface area contributed by atoms with Gasteiger partial charge < -0.3 is 10.2 Å². The number of benzene rings is 2. The van der Waals surface area contributed by atoms with E-state index in [4.69, 9.17) is 11.6 Å². The van der Waals surface area contributed by atoms with E-state index < -0.39 is 9.84 Å². The second-order valence-corrected chi connectivity index (χ2v) is 9.61. The van der Waals surface area contributed by atoms with Gasteiger partial charge in [-0.25, -0.2) is 8.42 Å². The lowest BCUT2D eigenvalue weighted by molar-refractivity contribution is 0.0951. The highest BCUT2D eigenvalue weighted by Gasteiger charge is 2.18.